The van der Waals surface area contributed by atoms with Crippen LogP contribution in [0.2, 0.25) is 0 Å². The average molecular weight is 1590 g/mol. The maximum atomic E-state index is 6.35. The van der Waals surface area contributed by atoms with Crippen LogP contribution in [-0.4, -0.2) is 28.3 Å². The monoisotopic (exact) mass is 1590 g/mol. The lowest BCUT2D eigenvalue weighted by Crippen LogP contribution is -2.41. The zero-order valence-corrected chi connectivity index (χ0v) is 67.7. The summed E-state index contributed by atoms with van der Waals surface area (Å²) in [4.78, 5) is 10.0. The van der Waals surface area contributed by atoms with Crippen LogP contribution in [0.25, 0.3) is 188 Å². The second-order valence-electron chi connectivity index (χ2n) is 31.2. The standard InChI is InChI=1S/C53H35N.C42H35BO2.C17H12BrN.CH4/c1-4-16-36(17-5-1)41-32-33-49(44-23-11-10-22-43(41)44)52-47-26-14-12-24-45(47)51(46-25-13-15-27-48(46)52)39-30-28-37(29-31-39)42-34-35-50(38-18-6-2-7-19-38)54-53(42)40-20-8-3-9-21-40;1-41(2)42(3,4)45-43(44-41)30-24-22-29(23-25-30)39-34-18-10-12-20-36(34)40(37-21-13-11-19-35(37)39)38-27-26-31(28-14-6-5-7-15-28)32-16-8-9-17-33(32)38;18-15-11-12-16(13-7-3-1-4-8-13)19-17(15)14-9-5-2-6-10-14;/h1-35H;5-27H,1-4H3;1-12H;1H4. The highest BCUT2D eigenvalue weighted by Gasteiger charge is 2.51. The van der Waals surface area contributed by atoms with Gasteiger partial charge in [0.2, 0.25) is 0 Å². The van der Waals surface area contributed by atoms with Crippen LogP contribution >= 0.6 is 15.9 Å². The highest BCUT2D eigenvalue weighted by atomic mass is 79.9. The minimum absolute atomic E-state index is 0. The van der Waals surface area contributed by atoms with Gasteiger partial charge in [-0.2, -0.15) is 0 Å². The van der Waals surface area contributed by atoms with E-state index in [1.807, 2.05) is 48.5 Å². The van der Waals surface area contributed by atoms with Crippen molar-refractivity contribution in [2.24, 2.45) is 0 Å². The zero-order chi connectivity index (χ0) is 79.7. The molecule has 0 aliphatic carbocycles. The third-order valence-corrected chi connectivity index (χ3v) is 24.2. The summed E-state index contributed by atoms with van der Waals surface area (Å²) in [5.74, 6) is 0. The van der Waals surface area contributed by atoms with Crippen molar-refractivity contribution in [3.63, 3.8) is 0 Å². The highest BCUT2D eigenvalue weighted by molar-refractivity contribution is 9.10. The number of halogens is 1. The Labute approximate surface area is 705 Å². The number of hydrogen-bond acceptors (Lipinski definition) is 4. The summed E-state index contributed by atoms with van der Waals surface area (Å²) in [5, 5.41) is 15.0. The smallest absolute Gasteiger partial charge is 0.399 e. The zero-order valence-electron chi connectivity index (χ0n) is 66.1. The van der Waals surface area contributed by atoms with Crippen molar-refractivity contribution in [3.8, 4) is 123 Å². The Morgan fingerprint density at radius 3 is 0.815 bits per heavy atom. The molecule has 0 radical (unpaired) electrons. The highest BCUT2D eigenvalue weighted by Crippen LogP contribution is 2.50. The molecule has 0 bridgehead atoms. The molecule has 18 aromatic carbocycles. The van der Waals surface area contributed by atoms with Crippen LogP contribution in [0.5, 0.6) is 0 Å². The van der Waals surface area contributed by atoms with E-state index in [0.29, 0.717) is 0 Å². The summed E-state index contributed by atoms with van der Waals surface area (Å²) < 4.78 is 13.7. The van der Waals surface area contributed by atoms with E-state index in [1.165, 1.54) is 131 Å². The third-order valence-electron chi connectivity index (χ3n) is 23.6. The lowest BCUT2D eigenvalue weighted by molar-refractivity contribution is 0.00578. The minimum atomic E-state index is -0.382. The second kappa shape index (κ2) is 33.1. The minimum Gasteiger partial charge on any atom is -0.399 e. The molecule has 119 heavy (non-hydrogen) atoms. The van der Waals surface area contributed by atoms with E-state index in [2.05, 4.69) is 420 Å². The molecule has 0 amide bonds. The molecule has 0 N–H and O–H groups in total. The summed E-state index contributed by atoms with van der Waals surface area (Å²) in [6.45, 7) is 8.39. The molecular weight excluding hydrogens is 1510 g/mol. The number of aromatic nitrogens is 2. The van der Waals surface area contributed by atoms with E-state index in [9.17, 15) is 0 Å². The molecule has 0 atom stereocenters. The first-order valence-corrected chi connectivity index (χ1v) is 41.3. The molecule has 2 aromatic heterocycles. The Morgan fingerprint density at radius 2 is 0.454 bits per heavy atom. The van der Waals surface area contributed by atoms with Crippen molar-refractivity contribution in [1.29, 1.82) is 0 Å². The fourth-order valence-electron chi connectivity index (χ4n) is 17.1. The molecule has 20 aromatic rings. The number of pyridine rings is 2. The molecule has 6 heteroatoms. The Hall–Kier alpha value is -13.7. The molecule has 1 aliphatic heterocycles. The van der Waals surface area contributed by atoms with Gasteiger partial charge in [0.15, 0.2) is 0 Å². The predicted molar refractivity (Wildman–Crippen MR) is 510 cm³/mol. The Morgan fingerprint density at radius 1 is 0.210 bits per heavy atom. The van der Waals surface area contributed by atoms with Gasteiger partial charge < -0.3 is 9.31 Å². The van der Waals surface area contributed by atoms with Gasteiger partial charge in [0.25, 0.3) is 0 Å². The molecule has 1 saturated heterocycles. The maximum absolute atomic E-state index is 6.35. The molecule has 3 heterocycles. The molecule has 1 aliphatic rings. The van der Waals surface area contributed by atoms with Crippen LogP contribution < -0.4 is 5.46 Å². The molecule has 0 saturated carbocycles. The SMILES string of the molecule is Brc1ccc(-c2ccccc2)nc1-c1ccccc1.C.CC1(C)OB(c2ccc(-c3c4ccccc4c(-c4ccc(-c5ccccc5)c5ccccc45)c4ccccc34)cc2)OC1(C)C.c1ccc(-c2ccc(-c3ccc(-c4c5ccccc5c(-c5ccc(-c6ccccc6)c6ccccc56)c5ccccc45)cc3)c(-c3ccccc3)n2)cc1. The molecule has 4 nitrogen and oxygen atoms in total. The molecule has 0 spiro atoms. The van der Waals surface area contributed by atoms with Gasteiger partial charge in [-0.25, -0.2) is 9.97 Å². The van der Waals surface area contributed by atoms with Gasteiger partial charge in [-0.3, -0.25) is 0 Å². The predicted octanol–water partition coefficient (Wildman–Crippen LogP) is 30.8. The van der Waals surface area contributed by atoms with E-state index < -0.39 is 0 Å². The van der Waals surface area contributed by atoms with Crippen LogP contribution in [0.1, 0.15) is 35.1 Å². The van der Waals surface area contributed by atoms with Crippen molar-refractivity contribution < 1.29 is 9.31 Å². The largest absolute Gasteiger partial charge is 0.494 e. The lowest BCUT2D eigenvalue weighted by Gasteiger charge is -2.32. The quantitative estimate of drug-likeness (QED) is 0.0903. The van der Waals surface area contributed by atoms with Gasteiger partial charge >= 0.3 is 7.12 Å². The van der Waals surface area contributed by atoms with E-state index in [-0.39, 0.29) is 25.7 Å². The topological polar surface area (TPSA) is 44.2 Å². The summed E-state index contributed by atoms with van der Waals surface area (Å²) in [5.41, 5.74) is 25.8. The van der Waals surface area contributed by atoms with Crippen molar-refractivity contribution in [2.75, 3.05) is 0 Å². The normalized spacial score (nSPS) is 12.7. The summed E-state index contributed by atoms with van der Waals surface area (Å²) in [6, 6.07) is 151. The second-order valence-corrected chi connectivity index (χ2v) is 32.1. The van der Waals surface area contributed by atoms with Crippen LogP contribution in [0.15, 0.2) is 429 Å². The van der Waals surface area contributed by atoms with Crippen LogP contribution in [0.4, 0.5) is 0 Å². The third kappa shape index (κ3) is 14.8. The number of benzene rings is 18. The van der Waals surface area contributed by atoms with E-state index >= 15 is 0 Å². The van der Waals surface area contributed by atoms with Crippen molar-refractivity contribution >= 4 is 93.1 Å². The number of hydrogen-bond donors (Lipinski definition) is 0. The van der Waals surface area contributed by atoms with Crippen molar-refractivity contribution in [3.05, 3.63) is 429 Å². The van der Waals surface area contributed by atoms with Crippen molar-refractivity contribution in [1.82, 2.24) is 9.97 Å². The molecule has 1 fully saturated rings. The first-order valence-electron chi connectivity index (χ1n) is 40.5. The van der Waals surface area contributed by atoms with Gasteiger partial charge in [0.1, 0.15) is 0 Å². The first kappa shape index (κ1) is 76.6. The van der Waals surface area contributed by atoms with Crippen LogP contribution in [0.3, 0.4) is 0 Å². The lowest BCUT2D eigenvalue weighted by atomic mass is 9.78. The Balaban J connectivity index is 0.000000135. The van der Waals surface area contributed by atoms with E-state index in [1.54, 1.807) is 0 Å². The number of rotatable bonds is 12. The van der Waals surface area contributed by atoms with Crippen molar-refractivity contribution in [2.45, 2.75) is 46.3 Å². The van der Waals surface area contributed by atoms with Gasteiger partial charge in [-0.1, -0.05) is 414 Å². The van der Waals surface area contributed by atoms with Crippen LogP contribution in [0, 0.1) is 0 Å². The Kier molecular flexibility index (Phi) is 21.3. The molecule has 0 unspecified atom stereocenters. The first-order chi connectivity index (χ1) is 58.0. The summed E-state index contributed by atoms with van der Waals surface area (Å²) in [7, 11) is -0.382. The van der Waals surface area contributed by atoms with Crippen LogP contribution in [-0.2, 0) is 9.31 Å². The van der Waals surface area contributed by atoms with Gasteiger partial charge in [0.05, 0.1) is 34.0 Å². The summed E-state index contributed by atoms with van der Waals surface area (Å²) >= 11 is 3.58. The van der Waals surface area contributed by atoms with Gasteiger partial charge in [0, 0.05) is 32.3 Å². The van der Waals surface area contributed by atoms with Gasteiger partial charge in [-0.05, 0) is 204 Å². The average Bonchev–Trinajstić information content (AvgIpc) is 1.26. The summed E-state index contributed by atoms with van der Waals surface area (Å²) in [6.07, 6.45) is 0. The maximum Gasteiger partial charge on any atom is 0.494 e. The molecular formula is C113H86BBrN2O2. The number of fused-ring (bicyclic) bond motifs is 6. The van der Waals surface area contributed by atoms with Gasteiger partial charge in [-0.15, -0.1) is 0 Å². The Bertz CT molecular complexity index is 6960. The van der Waals surface area contributed by atoms with E-state index in [4.69, 9.17) is 19.3 Å². The molecule has 21 rings (SSSR count). The fraction of sp³-hybridized carbons (Fsp3) is 0.0619. The number of nitrogens with zero attached hydrogens (tertiary/aromatic N) is 2. The van der Waals surface area contributed by atoms with E-state index in [0.717, 1.165) is 66.1 Å². The fourth-order valence-corrected chi connectivity index (χ4v) is 17.6. The molecule has 570 valence electrons.